The molecule has 26 heavy (non-hydrogen) atoms. The van der Waals surface area contributed by atoms with Crippen LogP contribution in [0.1, 0.15) is 16.0 Å². The van der Waals surface area contributed by atoms with Crippen molar-refractivity contribution < 1.29 is 13.9 Å². The number of rotatable bonds is 6. The maximum Gasteiger partial charge on any atom is 0.244 e. The fourth-order valence-electron chi connectivity index (χ4n) is 2.22. The van der Waals surface area contributed by atoms with Crippen molar-refractivity contribution in [3.8, 4) is 11.5 Å². The minimum absolute atomic E-state index is 0.104. The number of nitrogens with zero attached hydrogens (tertiary/aromatic N) is 1. The Morgan fingerprint density at radius 3 is 2.92 bits per heavy atom. The third-order valence-corrected chi connectivity index (χ3v) is 4.66. The van der Waals surface area contributed by atoms with E-state index in [9.17, 15) is 9.18 Å². The average Bonchev–Trinajstić information content (AvgIpc) is 3.06. The molecule has 1 aromatic carbocycles. The normalized spacial score (nSPS) is 10.8. The number of ether oxygens (including phenoxy) is 1. The molecule has 4 nitrogen and oxygen atoms in total. The second-order valence-corrected chi connectivity index (χ2v) is 6.56. The zero-order valence-electron chi connectivity index (χ0n) is 14.1. The molecule has 0 unspecified atom stereocenters. The number of halogens is 1. The molecule has 0 aliphatic carbocycles. The Morgan fingerprint density at radius 2 is 2.23 bits per heavy atom. The molecule has 0 radical (unpaired) electrons. The van der Waals surface area contributed by atoms with Gasteiger partial charge in [0.2, 0.25) is 5.91 Å². The van der Waals surface area contributed by atoms with E-state index in [2.05, 4.69) is 10.3 Å². The van der Waals surface area contributed by atoms with Crippen molar-refractivity contribution in [1.82, 2.24) is 10.3 Å². The zero-order chi connectivity index (χ0) is 18.4. The molecule has 0 saturated carbocycles. The Morgan fingerprint density at radius 1 is 1.35 bits per heavy atom. The Hall–Kier alpha value is -2.99. The molecule has 0 spiro atoms. The molecule has 0 bridgehead atoms. The lowest BCUT2D eigenvalue weighted by atomic mass is 10.2. The highest BCUT2D eigenvalue weighted by Crippen LogP contribution is 2.24. The van der Waals surface area contributed by atoms with Crippen molar-refractivity contribution in [1.29, 1.82) is 0 Å². The Kier molecular flexibility index (Phi) is 5.76. The van der Waals surface area contributed by atoms with Gasteiger partial charge in [-0.1, -0.05) is 6.07 Å². The minimum Gasteiger partial charge on any atom is -0.453 e. The Balaban J connectivity index is 1.59. The lowest BCUT2D eigenvalue weighted by Crippen LogP contribution is -2.19. The van der Waals surface area contributed by atoms with Crippen molar-refractivity contribution in [2.45, 2.75) is 13.5 Å². The van der Waals surface area contributed by atoms with Gasteiger partial charge in [0.1, 0.15) is 5.75 Å². The van der Waals surface area contributed by atoms with Crippen molar-refractivity contribution >= 4 is 23.3 Å². The van der Waals surface area contributed by atoms with Gasteiger partial charge in [0, 0.05) is 17.2 Å². The molecule has 3 aromatic rings. The average molecular weight is 368 g/mol. The first-order valence-corrected chi connectivity index (χ1v) is 8.86. The molecule has 0 aliphatic rings. The fraction of sp³-hybridized carbons (Fsp3) is 0.100. The summed E-state index contributed by atoms with van der Waals surface area (Å²) in [7, 11) is 0. The van der Waals surface area contributed by atoms with E-state index in [0.717, 1.165) is 10.4 Å². The second-order valence-electron chi connectivity index (χ2n) is 5.56. The highest BCUT2D eigenvalue weighted by Gasteiger charge is 2.06. The minimum atomic E-state index is -0.509. The lowest BCUT2D eigenvalue weighted by Gasteiger charge is -2.06. The summed E-state index contributed by atoms with van der Waals surface area (Å²) in [4.78, 5) is 16.9. The van der Waals surface area contributed by atoms with Crippen LogP contribution in [0.3, 0.4) is 0 Å². The third-order valence-electron chi connectivity index (χ3n) is 3.64. The van der Waals surface area contributed by atoms with Gasteiger partial charge >= 0.3 is 0 Å². The van der Waals surface area contributed by atoms with Gasteiger partial charge < -0.3 is 10.1 Å². The van der Waals surface area contributed by atoms with Crippen LogP contribution in [-0.2, 0) is 11.3 Å². The van der Waals surface area contributed by atoms with Gasteiger partial charge in [-0.25, -0.2) is 4.39 Å². The molecule has 2 aromatic heterocycles. The van der Waals surface area contributed by atoms with E-state index in [4.69, 9.17) is 4.74 Å². The largest absolute Gasteiger partial charge is 0.453 e. The van der Waals surface area contributed by atoms with Gasteiger partial charge in [-0.05, 0) is 59.8 Å². The van der Waals surface area contributed by atoms with Crippen LogP contribution in [-0.4, -0.2) is 10.9 Å². The smallest absolute Gasteiger partial charge is 0.244 e. The van der Waals surface area contributed by atoms with E-state index in [1.807, 2.05) is 18.4 Å². The summed E-state index contributed by atoms with van der Waals surface area (Å²) < 4.78 is 19.6. The summed E-state index contributed by atoms with van der Waals surface area (Å²) in [6, 6.07) is 9.94. The maximum atomic E-state index is 14.2. The van der Waals surface area contributed by atoms with E-state index < -0.39 is 5.82 Å². The number of amides is 1. The number of carbonyl (C=O) groups excluding carboxylic acids is 1. The number of aromatic nitrogens is 1. The third kappa shape index (κ3) is 4.77. The van der Waals surface area contributed by atoms with Crippen LogP contribution in [0, 0.1) is 12.7 Å². The number of pyridine rings is 1. The molecule has 2 heterocycles. The number of hydrogen-bond donors (Lipinski definition) is 1. The number of nitrogens with one attached hydrogen (secondary N) is 1. The highest BCUT2D eigenvalue weighted by molar-refractivity contribution is 7.10. The maximum absolute atomic E-state index is 14.2. The van der Waals surface area contributed by atoms with Crippen LogP contribution in [0.15, 0.2) is 60.2 Å². The van der Waals surface area contributed by atoms with Crippen LogP contribution >= 0.6 is 11.3 Å². The molecule has 0 saturated heterocycles. The number of benzene rings is 1. The molecule has 6 heteroatoms. The van der Waals surface area contributed by atoms with E-state index in [1.54, 1.807) is 41.8 Å². The molecule has 0 aliphatic heterocycles. The number of aryl methyl sites for hydroxylation is 1. The van der Waals surface area contributed by atoms with Crippen LogP contribution in [0.5, 0.6) is 11.5 Å². The molecule has 0 fully saturated rings. The van der Waals surface area contributed by atoms with Gasteiger partial charge in [0.05, 0.1) is 12.7 Å². The van der Waals surface area contributed by atoms with Crippen molar-refractivity contribution in [2.24, 2.45) is 0 Å². The molecule has 1 amide bonds. The summed E-state index contributed by atoms with van der Waals surface area (Å²) in [5, 5.41) is 4.80. The highest BCUT2D eigenvalue weighted by atomic mass is 32.1. The monoisotopic (exact) mass is 368 g/mol. The summed E-state index contributed by atoms with van der Waals surface area (Å²) in [5.74, 6) is -0.176. The van der Waals surface area contributed by atoms with Crippen molar-refractivity contribution in [3.05, 3.63) is 82.1 Å². The SMILES string of the molecule is Cc1ccsc1CNC(=O)/C=C/c1ccc(Oc2cccnc2)c(F)c1. The van der Waals surface area contributed by atoms with Crippen molar-refractivity contribution in [2.75, 3.05) is 0 Å². The van der Waals surface area contributed by atoms with Gasteiger partial charge in [-0.3, -0.25) is 9.78 Å². The van der Waals surface area contributed by atoms with Gasteiger partial charge in [0.25, 0.3) is 0 Å². The number of hydrogen-bond acceptors (Lipinski definition) is 4. The van der Waals surface area contributed by atoms with Crippen LogP contribution in [0.4, 0.5) is 4.39 Å². The standard InChI is InChI=1S/C20H17FN2O2S/c1-14-8-10-26-19(14)13-23-20(24)7-5-15-4-6-18(17(21)11-15)25-16-3-2-9-22-12-16/h2-12H,13H2,1H3,(H,23,24)/b7-5+. The molecule has 132 valence electrons. The number of thiophene rings is 1. The van der Waals surface area contributed by atoms with E-state index in [0.29, 0.717) is 17.9 Å². The molecule has 3 rings (SSSR count). The zero-order valence-corrected chi connectivity index (χ0v) is 14.9. The second kappa shape index (κ2) is 8.40. The van der Waals surface area contributed by atoms with Gasteiger partial charge in [-0.15, -0.1) is 11.3 Å². The Labute approximate surface area is 155 Å². The van der Waals surface area contributed by atoms with E-state index in [-0.39, 0.29) is 11.7 Å². The number of carbonyl (C=O) groups is 1. The Bertz CT molecular complexity index is 923. The first-order valence-electron chi connectivity index (χ1n) is 7.98. The van der Waals surface area contributed by atoms with E-state index in [1.165, 1.54) is 24.4 Å². The summed E-state index contributed by atoms with van der Waals surface area (Å²) >= 11 is 1.60. The molecule has 0 atom stereocenters. The topological polar surface area (TPSA) is 51.2 Å². The fourth-order valence-corrected chi connectivity index (χ4v) is 3.07. The first-order chi connectivity index (χ1) is 12.6. The quantitative estimate of drug-likeness (QED) is 0.641. The van der Waals surface area contributed by atoms with Crippen LogP contribution < -0.4 is 10.1 Å². The summed E-state index contributed by atoms with van der Waals surface area (Å²) in [6.07, 6.45) is 6.07. The van der Waals surface area contributed by atoms with Crippen molar-refractivity contribution in [3.63, 3.8) is 0 Å². The summed E-state index contributed by atoms with van der Waals surface area (Å²) in [5.41, 5.74) is 1.73. The van der Waals surface area contributed by atoms with E-state index >= 15 is 0 Å². The van der Waals surface area contributed by atoms with Crippen LogP contribution in [0.2, 0.25) is 0 Å². The first kappa shape index (κ1) is 17.8. The molecular weight excluding hydrogens is 351 g/mol. The van der Waals surface area contributed by atoms with Gasteiger partial charge in [-0.2, -0.15) is 0 Å². The van der Waals surface area contributed by atoms with Crippen LogP contribution in [0.25, 0.3) is 6.08 Å². The predicted octanol–water partition coefficient (Wildman–Crippen LogP) is 4.71. The molecule has 1 N–H and O–H groups in total. The van der Waals surface area contributed by atoms with Gasteiger partial charge in [0.15, 0.2) is 11.6 Å². The predicted molar refractivity (Wildman–Crippen MR) is 101 cm³/mol. The molecular formula is C20H17FN2O2S. The summed E-state index contributed by atoms with van der Waals surface area (Å²) in [6.45, 7) is 2.49. The lowest BCUT2D eigenvalue weighted by molar-refractivity contribution is -0.116.